The fraction of sp³-hybridized carbons (Fsp3) is 0.520. The van der Waals surface area contributed by atoms with Crippen molar-refractivity contribution >= 4 is 36.4 Å². The predicted octanol–water partition coefficient (Wildman–Crippen LogP) is 3.80. The van der Waals surface area contributed by atoms with E-state index in [-0.39, 0.29) is 43.0 Å². The third kappa shape index (κ3) is 8.89. The fourth-order valence-electron chi connectivity index (χ4n) is 3.60. The molecule has 0 aliphatic rings. The number of nitrogens with zero attached hydrogens (tertiary/aromatic N) is 4. The van der Waals surface area contributed by atoms with Gasteiger partial charge in [-0.25, -0.2) is 14.6 Å². The molecule has 0 amide bonds. The van der Waals surface area contributed by atoms with Gasteiger partial charge in [-0.2, -0.15) is 9.97 Å². The van der Waals surface area contributed by atoms with Crippen molar-refractivity contribution in [2.45, 2.75) is 46.3 Å². The van der Waals surface area contributed by atoms with Crippen LogP contribution in [0.4, 0.5) is 11.6 Å². The van der Waals surface area contributed by atoms with Crippen LogP contribution in [0.5, 0.6) is 5.88 Å². The number of nitrogens with two attached hydrogens (primary N) is 1. The van der Waals surface area contributed by atoms with Crippen molar-refractivity contribution in [3.05, 3.63) is 36.7 Å². The maximum absolute atomic E-state index is 13.7. The number of methoxy groups -OCH3 is 2. The quantitative estimate of drug-likeness (QED) is 0.192. The molecule has 0 bridgehead atoms. The second kappa shape index (κ2) is 13.2. The van der Waals surface area contributed by atoms with Crippen LogP contribution in [0.1, 0.15) is 40.2 Å². The molecule has 214 valence electrons. The van der Waals surface area contributed by atoms with Gasteiger partial charge >= 0.3 is 13.6 Å². The second-order valence-corrected chi connectivity index (χ2v) is 12.1. The summed E-state index contributed by atoms with van der Waals surface area (Å²) in [6.45, 7) is 7.73. The van der Waals surface area contributed by atoms with Crippen LogP contribution in [-0.4, -0.2) is 65.6 Å². The van der Waals surface area contributed by atoms with Crippen LogP contribution in [0, 0.1) is 5.41 Å². The van der Waals surface area contributed by atoms with Crippen molar-refractivity contribution in [2.75, 3.05) is 44.8 Å². The highest BCUT2D eigenvalue weighted by Gasteiger charge is 2.28. The van der Waals surface area contributed by atoms with Crippen LogP contribution in [-0.2, 0) is 23.4 Å². The third-order valence-corrected chi connectivity index (χ3v) is 7.24. The van der Waals surface area contributed by atoms with Crippen molar-refractivity contribution in [2.24, 2.45) is 5.41 Å². The highest BCUT2D eigenvalue weighted by atomic mass is 31.2. The van der Waals surface area contributed by atoms with E-state index >= 15 is 0 Å². The highest BCUT2D eigenvalue weighted by molar-refractivity contribution is 7.58. The molecular formula is C25H38N7O6P. The van der Waals surface area contributed by atoms with Gasteiger partial charge in [0.05, 0.1) is 32.8 Å². The Balaban J connectivity index is 1.69. The molecule has 0 fully saturated rings. The van der Waals surface area contributed by atoms with E-state index in [1.807, 2.05) is 38.3 Å². The summed E-state index contributed by atoms with van der Waals surface area (Å²) in [6, 6.07) is 8.78. The molecule has 3 rings (SSSR count). The number of fused-ring (bicyclic) bond motifs is 1. The molecule has 0 saturated heterocycles. The molecule has 13 nitrogen and oxygen atoms in total. The van der Waals surface area contributed by atoms with E-state index in [1.165, 1.54) is 7.11 Å². The van der Waals surface area contributed by atoms with E-state index in [9.17, 15) is 9.36 Å². The summed E-state index contributed by atoms with van der Waals surface area (Å²) < 4.78 is 37.6. The van der Waals surface area contributed by atoms with Crippen molar-refractivity contribution < 1.29 is 28.1 Å². The maximum atomic E-state index is 13.7. The third-order valence-electron chi connectivity index (χ3n) is 5.60. The topological polar surface area (TPSA) is 165 Å². The van der Waals surface area contributed by atoms with E-state index in [0.717, 1.165) is 0 Å². The Labute approximate surface area is 228 Å². The summed E-state index contributed by atoms with van der Waals surface area (Å²) in [6.07, 6.45) is 1.64. The van der Waals surface area contributed by atoms with E-state index in [4.69, 9.17) is 24.5 Å². The number of anilines is 2. The Morgan fingerprint density at radius 2 is 1.90 bits per heavy atom. The first kappa shape index (κ1) is 30.3. The van der Waals surface area contributed by atoms with E-state index < -0.39 is 19.7 Å². The Hall–Kier alpha value is -3.25. The number of nitrogen functional groups attached to an aromatic ring is 1. The predicted molar refractivity (Wildman–Crippen MR) is 148 cm³/mol. The minimum absolute atomic E-state index is 0.0327. The summed E-state index contributed by atoms with van der Waals surface area (Å²) in [4.78, 5) is 25.0. The normalized spacial score (nSPS) is 14.9. The number of imidazole rings is 1. The number of rotatable bonds is 14. The number of hydrogen-bond acceptors (Lipinski definition) is 10. The lowest BCUT2D eigenvalue weighted by Gasteiger charge is -2.25. The molecular weight excluding hydrogens is 525 g/mol. The summed E-state index contributed by atoms with van der Waals surface area (Å²) in [5.41, 5.74) is 7.22. The Morgan fingerprint density at radius 3 is 2.54 bits per heavy atom. The van der Waals surface area contributed by atoms with Crippen LogP contribution in [0.2, 0.25) is 0 Å². The fourth-order valence-corrected chi connectivity index (χ4v) is 5.04. The molecule has 14 heteroatoms. The number of benzene rings is 1. The lowest BCUT2D eigenvalue weighted by atomic mass is 9.99. The summed E-state index contributed by atoms with van der Waals surface area (Å²) in [5.74, 6) is -0.181. The second-order valence-electron chi connectivity index (χ2n) is 10.2. The van der Waals surface area contributed by atoms with Gasteiger partial charge in [0, 0.05) is 18.8 Å². The van der Waals surface area contributed by atoms with Gasteiger partial charge in [0.2, 0.25) is 11.8 Å². The van der Waals surface area contributed by atoms with Gasteiger partial charge in [0.25, 0.3) is 0 Å². The summed E-state index contributed by atoms with van der Waals surface area (Å²) in [7, 11) is -0.707. The van der Waals surface area contributed by atoms with Crippen molar-refractivity contribution in [3.8, 4) is 5.88 Å². The van der Waals surface area contributed by atoms with E-state index in [2.05, 4.69) is 25.1 Å². The first-order valence-electron chi connectivity index (χ1n) is 12.5. The number of ether oxygens (including phenoxy) is 3. The molecule has 0 radical (unpaired) electrons. The zero-order chi connectivity index (χ0) is 28.6. The number of esters is 1. The monoisotopic (exact) mass is 563 g/mol. The summed E-state index contributed by atoms with van der Waals surface area (Å²) in [5, 5.41) is 5.60. The van der Waals surface area contributed by atoms with Gasteiger partial charge in [0.15, 0.2) is 11.2 Å². The molecule has 3 unspecified atom stereocenters. The van der Waals surface area contributed by atoms with Crippen molar-refractivity contribution in [1.82, 2.24) is 24.6 Å². The molecule has 39 heavy (non-hydrogen) atoms. The first-order chi connectivity index (χ1) is 18.4. The van der Waals surface area contributed by atoms with Crippen LogP contribution >= 0.6 is 7.67 Å². The zero-order valence-electron chi connectivity index (χ0n) is 23.2. The van der Waals surface area contributed by atoms with Crippen molar-refractivity contribution in [3.63, 3.8) is 0 Å². The molecule has 0 aliphatic heterocycles. The number of carbonyl (C=O) groups excluding carboxylic acids is 1. The largest absolute Gasteiger partial charge is 0.479 e. The Kier molecular flexibility index (Phi) is 10.3. The number of nitrogens with one attached hydrogen (secondary N) is 2. The SMILES string of the molecule is COc1nc(N)nc2c1ncn2C(C)CC(COP(=O)(NCC(=O)OCC(C)(C)C)Nc1ccccc1)OC. The molecule has 4 N–H and O–H groups in total. The van der Waals surface area contributed by atoms with E-state index in [0.29, 0.717) is 23.3 Å². The maximum Gasteiger partial charge on any atom is 0.366 e. The lowest BCUT2D eigenvalue weighted by molar-refractivity contribution is -0.144. The minimum Gasteiger partial charge on any atom is -0.479 e. The molecule has 2 aromatic heterocycles. The smallest absolute Gasteiger partial charge is 0.366 e. The molecule has 3 atom stereocenters. The first-order valence-corrected chi connectivity index (χ1v) is 14.1. The molecule has 1 aromatic carbocycles. The average Bonchev–Trinajstić information content (AvgIpc) is 3.32. The van der Waals surface area contributed by atoms with E-state index in [1.54, 1.807) is 37.7 Å². The van der Waals surface area contributed by atoms with Gasteiger partial charge in [0.1, 0.15) is 6.54 Å². The zero-order valence-corrected chi connectivity index (χ0v) is 24.1. The Bertz CT molecular complexity index is 1280. The molecule has 0 spiro atoms. The lowest BCUT2D eigenvalue weighted by Crippen LogP contribution is -2.30. The van der Waals surface area contributed by atoms with Gasteiger partial charge in [-0.15, -0.1) is 0 Å². The molecule has 0 saturated carbocycles. The van der Waals surface area contributed by atoms with Gasteiger partial charge < -0.3 is 29.6 Å². The standard InChI is InChI=1S/C25H38N7O6P/c1-17(32-16-27-21-22(32)29-24(26)30-23(21)36-6)12-19(35-5)14-38-39(34,31-18-10-8-7-9-11-18)28-13-20(33)37-15-25(2,3)4/h7-11,16-17,19H,12-15H2,1-6H3,(H2,26,29,30)(H2,28,31,34). The van der Waals surface area contributed by atoms with Crippen LogP contribution in [0.25, 0.3) is 11.2 Å². The van der Waals surface area contributed by atoms with Crippen LogP contribution in [0.15, 0.2) is 36.7 Å². The van der Waals surface area contributed by atoms with Crippen molar-refractivity contribution in [1.29, 1.82) is 0 Å². The number of para-hydroxylation sites is 1. The molecule has 0 aliphatic carbocycles. The summed E-state index contributed by atoms with van der Waals surface area (Å²) >= 11 is 0. The Morgan fingerprint density at radius 1 is 1.18 bits per heavy atom. The molecule has 2 heterocycles. The number of hydrogen-bond donors (Lipinski definition) is 3. The number of carbonyl (C=O) groups is 1. The van der Waals surface area contributed by atoms with Gasteiger partial charge in [-0.3, -0.25) is 9.32 Å². The highest BCUT2D eigenvalue weighted by Crippen LogP contribution is 2.42. The average molecular weight is 564 g/mol. The number of aromatic nitrogens is 4. The van der Waals surface area contributed by atoms with Crippen LogP contribution in [0.3, 0.4) is 0 Å². The van der Waals surface area contributed by atoms with Crippen LogP contribution < -0.4 is 20.6 Å². The van der Waals surface area contributed by atoms with Gasteiger partial charge in [-0.05, 0) is 30.9 Å². The molecule has 3 aromatic rings. The van der Waals surface area contributed by atoms with Gasteiger partial charge in [-0.1, -0.05) is 39.0 Å². The minimum atomic E-state index is -3.74.